The van der Waals surface area contributed by atoms with Gasteiger partial charge >= 0.3 is 18.9 Å². The first-order chi connectivity index (χ1) is 34.7. The van der Waals surface area contributed by atoms with Gasteiger partial charge in [0, 0.05) is 107 Å². The van der Waals surface area contributed by atoms with Crippen LogP contribution >= 0.6 is 11.6 Å². The van der Waals surface area contributed by atoms with Crippen LogP contribution in [-0.4, -0.2) is 108 Å². The van der Waals surface area contributed by atoms with Gasteiger partial charge in [-0.2, -0.15) is 14.7 Å². The minimum Gasteiger partial charge on any atom is -1.00 e. The first-order valence-electron chi connectivity index (χ1n) is 21.8. The Balaban J connectivity index is 0.000000337. The van der Waals surface area contributed by atoms with E-state index in [0.29, 0.717) is 38.9 Å². The fourth-order valence-electron chi connectivity index (χ4n) is 6.34. The Labute approximate surface area is 452 Å². The molecule has 0 saturated carbocycles. The number of carbonyl (C=O) groups excluding carboxylic acids is 1. The van der Waals surface area contributed by atoms with Gasteiger partial charge in [-0.3, -0.25) is 35.0 Å². The number of rotatable bonds is 11. The number of nitrogens with zero attached hydrogens (tertiary/aromatic N) is 10. The van der Waals surface area contributed by atoms with E-state index in [2.05, 4.69) is 68.6 Å². The molecular formula is C49H54AlClF2LiN15O5. The fourth-order valence-corrected chi connectivity index (χ4v) is 6.57. The monoisotopic (exact) mass is 1040 g/mol. The number of pyridine rings is 2. The molecule has 9 heterocycles. The summed E-state index contributed by atoms with van der Waals surface area (Å²) in [6.07, 6.45) is 32.2. The number of nitro groups is 2. The molecule has 0 fully saturated rings. The van der Waals surface area contributed by atoms with E-state index in [1.807, 2.05) is 38.4 Å². The summed E-state index contributed by atoms with van der Waals surface area (Å²) in [6.45, 7) is 5.37. The molecule has 0 radical (unpaired) electrons. The van der Waals surface area contributed by atoms with Crippen LogP contribution in [0.1, 0.15) is 46.9 Å². The van der Waals surface area contributed by atoms with Crippen LogP contribution in [0.4, 0.5) is 14.6 Å². The van der Waals surface area contributed by atoms with Gasteiger partial charge in [0.2, 0.25) is 6.20 Å². The summed E-state index contributed by atoms with van der Waals surface area (Å²) in [5.41, 5.74) is 15.2. The Morgan fingerprint density at radius 3 is 1.85 bits per heavy atom. The van der Waals surface area contributed by atoms with E-state index in [-0.39, 0.29) is 43.5 Å². The summed E-state index contributed by atoms with van der Waals surface area (Å²) < 4.78 is 30.0. The first-order valence-corrected chi connectivity index (χ1v) is 22.2. The maximum Gasteiger partial charge on any atom is 1.00 e. The zero-order valence-electron chi connectivity index (χ0n) is 41.2. The van der Waals surface area contributed by atoms with Crippen molar-refractivity contribution in [2.75, 3.05) is 25.5 Å². The molecule has 6 N–H and O–H groups in total. The number of hydrogen-bond donors (Lipinski definition) is 5. The predicted molar refractivity (Wildman–Crippen MR) is 282 cm³/mol. The second-order valence-corrected chi connectivity index (χ2v) is 15.6. The quantitative estimate of drug-likeness (QED) is 0.0365. The van der Waals surface area contributed by atoms with E-state index in [1.165, 1.54) is 40.1 Å². The molecule has 0 saturated heterocycles. The molecule has 25 heteroatoms. The minimum atomic E-state index is -0.500. The number of carbonyl (C=O) groups is 1. The van der Waals surface area contributed by atoms with Crippen LogP contribution in [0.5, 0.6) is 0 Å². The van der Waals surface area contributed by atoms with Gasteiger partial charge in [-0.05, 0) is 81.1 Å². The maximum atomic E-state index is 13.5. The molecule has 10 rings (SSSR count). The Morgan fingerprint density at radius 2 is 1.36 bits per heavy atom. The molecule has 0 bridgehead atoms. The number of allylic oxidation sites excluding steroid dienone is 3. The SMILES string of the molecule is C[N+](=O)[O-].Cc1cnn2c(Cl)cc(-c3cncc(F)c3)nc12.Cc1cnn2c(NCCC3=CCC=C3)cc(-c3cncc(F)c3)nc12.NCCc1cc[nH]c1.O=Cc1cc[nH]c1.O=[N+]([O-])/C=C/c1cc[nH]c1.[AlH3].[H-].[Li+]. The first kappa shape index (κ1) is 60.4. The fraction of sp³-hybridized carbons (Fsp3) is 0.163. The van der Waals surface area contributed by atoms with Crippen molar-refractivity contribution in [1.82, 2.24) is 54.1 Å². The molecule has 1 aliphatic rings. The normalized spacial score (nSPS) is 10.8. The topological polar surface area (TPSA) is 275 Å². The van der Waals surface area contributed by atoms with Gasteiger partial charge in [0.05, 0.1) is 41.1 Å². The van der Waals surface area contributed by atoms with Crippen LogP contribution in [0, 0.1) is 45.7 Å². The van der Waals surface area contributed by atoms with Crippen LogP contribution < -0.4 is 29.9 Å². The second-order valence-electron chi connectivity index (χ2n) is 15.2. The number of aryl methyl sites for hydroxylation is 2. The van der Waals surface area contributed by atoms with E-state index in [9.17, 15) is 23.7 Å². The average molecular weight is 1040 g/mol. The smallest absolute Gasteiger partial charge is 1.00 e. The van der Waals surface area contributed by atoms with E-state index in [4.69, 9.17) is 27.4 Å². The van der Waals surface area contributed by atoms with E-state index in [1.54, 1.807) is 72.3 Å². The standard InChI is InChI=1S/C19H18FN5.C12H8ClFN4.C6H6N2O2.C6H10N2.C5H5NO.CH3NO2.Al.Li.4H/c1-13-10-23-25-18(22-7-6-14-4-2-3-5-14)9-17(24-19(13)25)15-8-16(20)12-21-11-15;1-7-4-16-18-11(13)3-10(17-12(7)18)8-2-9(14)6-15-5-8;9-8(10)4-2-6-1-3-7-5-6;7-3-1-6-2-4-8-5-6;7-4-5-1-2-6-3-5;1-2(3)4;;;;;;/h2,4-5,8-12,22H,3,6-7H2,1H3;2-6H,1H3;1-5,7H;2,4-5,8H,1,3,7H2;1-4,6H;1H3;;;;;;/q;;;;;;;+1;;;;-1/b;;4-2+;;;;;;;;;. The van der Waals surface area contributed by atoms with E-state index in [0.717, 1.165) is 86.2 Å². The molecule has 0 amide bonds. The summed E-state index contributed by atoms with van der Waals surface area (Å²) in [4.78, 5) is 52.7. The van der Waals surface area contributed by atoms with Crippen LogP contribution in [0.3, 0.4) is 0 Å². The molecular weight excluding hydrogens is 986 g/mol. The summed E-state index contributed by atoms with van der Waals surface area (Å²) in [5.74, 6) is 0.0503. The van der Waals surface area contributed by atoms with Crippen molar-refractivity contribution < 1.29 is 43.7 Å². The number of nitrogens with two attached hydrogens (primary N) is 1. The molecule has 1 aliphatic carbocycles. The number of H-pyrrole nitrogens is 3. The third-order valence-electron chi connectivity index (χ3n) is 9.69. The van der Waals surface area contributed by atoms with Crippen molar-refractivity contribution in [3.05, 3.63) is 212 Å². The van der Waals surface area contributed by atoms with Crippen LogP contribution in [0.25, 0.3) is 39.9 Å². The van der Waals surface area contributed by atoms with Crippen molar-refractivity contribution in [1.29, 1.82) is 0 Å². The number of aromatic amines is 3. The molecule has 9 aromatic heterocycles. The summed E-state index contributed by atoms with van der Waals surface area (Å²) >= 11 is 6.11. The van der Waals surface area contributed by atoms with Gasteiger partial charge in [-0.1, -0.05) is 35.4 Å². The van der Waals surface area contributed by atoms with Gasteiger partial charge in [-0.15, -0.1) is 0 Å². The Bertz CT molecular complexity index is 3240. The van der Waals surface area contributed by atoms with Gasteiger partial charge in [0.1, 0.15) is 22.6 Å². The molecule has 0 spiro atoms. The van der Waals surface area contributed by atoms with Crippen LogP contribution in [-0.2, 0) is 6.42 Å². The molecule has 0 aromatic carbocycles. The maximum absolute atomic E-state index is 13.5. The molecule has 380 valence electrons. The molecule has 0 aliphatic heterocycles. The number of anilines is 1. The minimum absolute atomic E-state index is 0. The van der Waals surface area contributed by atoms with Crippen molar-refractivity contribution >= 4 is 58.4 Å². The molecule has 74 heavy (non-hydrogen) atoms. The number of aromatic nitrogens is 11. The number of aldehydes is 1. The number of fused-ring (bicyclic) bond motifs is 2. The number of hydrogen-bond acceptors (Lipinski definition) is 13. The molecule has 9 aromatic rings. The average Bonchev–Trinajstić information content (AvgIpc) is 4.23. The van der Waals surface area contributed by atoms with Crippen molar-refractivity contribution in [3.63, 3.8) is 0 Å². The van der Waals surface area contributed by atoms with Gasteiger partial charge < -0.3 is 27.4 Å². The van der Waals surface area contributed by atoms with Crippen molar-refractivity contribution in [2.24, 2.45) is 5.73 Å². The Morgan fingerprint density at radius 1 is 0.811 bits per heavy atom. The summed E-state index contributed by atoms with van der Waals surface area (Å²) in [5, 5.41) is 31.0. The van der Waals surface area contributed by atoms with E-state index >= 15 is 0 Å². The molecule has 20 nitrogen and oxygen atoms in total. The van der Waals surface area contributed by atoms with Crippen LogP contribution in [0.2, 0.25) is 5.15 Å². The second kappa shape index (κ2) is 31.5. The number of nitrogens with one attached hydrogen (secondary N) is 4. The Hall–Kier alpha value is -7.89. The van der Waals surface area contributed by atoms with Gasteiger partial charge in [0.15, 0.2) is 42.0 Å². The van der Waals surface area contributed by atoms with Crippen LogP contribution in [0.15, 0.2) is 147 Å². The summed E-state index contributed by atoms with van der Waals surface area (Å²) in [7, 11) is 0.889. The van der Waals surface area contributed by atoms with Gasteiger partial charge in [0.25, 0.3) is 0 Å². The largest absolute Gasteiger partial charge is 1.00 e. The molecule has 0 unspecified atom stereocenters. The number of halogens is 3. The Kier molecular flexibility index (Phi) is 25.8. The zero-order valence-corrected chi connectivity index (χ0v) is 40.9. The van der Waals surface area contributed by atoms with Crippen molar-refractivity contribution in [3.8, 4) is 22.5 Å². The molecule has 0 atom stereocenters. The van der Waals surface area contributed by atoms with Gasteiger partial charge in [-0.25, -0.2) is 23.3 Å². The third kappa shape index (κ3) is 19.6. The zero-order chi connectivity index (χ0) is 51.8. The third-order valence-corrected chi connectivity index (χ3v) is 9.96. The van der Waals surface area contributed by atoms with Crippen molar-refractivity contribution in [2.45, 2.75) is 33.1 Å². The predicted octanol–water partition coefficient (Wildman–Crippen LogP) is 5.25. The summed E-state index contributed by atoms with van der Waals surface area (Å²) in [6, 6.07) is 11.8. The van der Waals surface area contributed by atoms with E-state index < -0.39 is 15.7 Å².